The van der Waals surface area contributed by atoms with E-state index in [0.29, 0.717) is 31.3 Å². The number of hydrogen-bond acceptors (Lipinski definition) is 4. The van der Waals surface area contributed by atoms with Crippen LogP contribution < -0.4 is 10.2 Å². The van der Waals surface area contributed by atoms with Crippen LogP contribution in [-0.4, -0.2) is 64.0 Å². The second-order valence-corrected chi connectivity index (χ2v) is 9.82. The van der Waals surface area contributed by atoms with Gasteiger partial charge in [-0.1, -0.05) is 6.07 Å². The summed E-state index contributed by atoms with van der Waals surface area (Å²) >= 11 is 0. The number of anilines is 1. The van der Waals surface area contributed by atoms with Gasteiger partial charge < -0.3 is 15.1 Å². The number of rotatable bonds is 3. The van der Waals surface area contributed by atoms with Crippen LogP contribution in [0.15, 0.2) is 23.2 Å². The molecule has 0 bridgehead atoms. The molecule has 6 nitrogen and oxygen atoms in total. The fourth-order valence-electron chi connectivity index (χ4n) is 2.86. The van der Waals surface area contributed by atoms with Crippen molar-refractivity contribution >= 4 is 21.5 Å². The lowest BCUT2D eigenvalue weighted by Gasteiger charge is -2.39. The monoisotopic (exact) mass is 370 g/mol. The van der Waals surface area contributed by atoms with Gasteiger partial charge >= 0.3 is 0 Å². The predicted octanol–water partition coefficient (Wildman–Crippen LogP) is 1.48. The molecule has 0 aliphatic carbocycles. The predicted molar refractivity (Wildman–Crippen MR) is 100 cm³/mol. The molecule has 0 aromatic heterocycles. The maximum atomic E-state index is 14.1. The standard InChI is InChI=1S/C17H27FN4O2S/c1-17(2)12-22(8-9-25(17,23)24)16(19-3)20-11-13-6-7-15(21(4)5)14(18)10-13/h6-7,10H,8-9,11-12H2,1-5H3,(H,19,20). The van der Waals surface area contributed by atoms with Crippen molar-refractivity contribution in [3.63, 3.8) is 0 Å². The zero-order valence-electron chi connectivity index (χ0n) is 15.5. The number of nitrogens with one attached hydrogen (secondary N) is 1. The van der Waals surface area contributed by atoms with Crippen LogP contribution in [0.25, 0.3) is 0 Å². The molecule has 140 valence electrons. The lowest BCUT2D eigenvalue weighted by molar-refractivity contribution is 0.353. The first-order valence-corrected chi connectivity index (χ1v) is 9.86. The summed E-state index contributed by atoms with van der Waals surface area (Å²) in [6.07, 6.45) is 0. The summed E-state index contributed by atoms with van der Waals surface area (Å²) in [5.41, 5.74) is 1.34. The van der Waals surface area contributed by atoms with E-state index in [0.717, 1.165) is 5.56 Å². The lowest BCUT2D eigenvalue weighted by atomic mass is 10.2. The highest BCUT2D eigenvalue weighted by Gasteiger charge is 2.40. The smallest absolute Gasteiger partial charge is 0.193 e. The third kappa shape index (κ3) is 4.23. The largest absolute Gasteiger partial charge is 0.375 e. The van der Waals surface area contributed by atoms with Crippen LogP contribution in [0, 0.1) is 5.82 Å². The minimum Gasteiger partial charge on any atom is -0.375 e. The summed E-state index contributed by atoms with van der Waals surface area (Å²) in [7, 11) is 2.15. The molecule has 25 heavy (non-hydrogen) atoms. The zero-order valence-corrected chi connectivity index (χ0v) is 16.3. The molecule has 0 saturated carbocycles. The molecule has 8 heteroatoms. The Balaban J connectivity index is 2.05. The van der Waals surface area contributed by atoms with Gasteiger partial charge in [-0.25, -0.2) is 12.8 Å². The Morgan fingerprint density at radius 1 is 1.40 bits per heavy atom. The molecule has 1 aliphatic heterocycles. The van der Waals surface area contributed by atoms with Gasteiger partial charge in [0.2, 0.25) is 0 Å². The Bertz CT molecular complexity index is 760. The zero-order chi connectivity index (χ0) is 18.8. The molecule has 1 saturated heterocycles. The summed E-state index contributed by atoms with van der Waals surface area (Å²) in [5.74, 6) is 0.455. The van der Waals surface area contributed by atoms with Gasteiger partial charge in [0.15, 0.2) is 15.8 Å². The van der Waals surface area contributed by atoms with E-state index in [2.05, 4.69) is 10.3 Å². The fourth-order valence-corrected chi connectivity index (χ4v) is 4.23. The van der Waals surface area contributed by atoms with E-state index in [1.807, 2.05) is 11.0 Å². The van der Waals surface area contributed by atoms with Crippen molar-refractivity contribution in [2.45, 2.75) is 25.1 Å². The van der Waals surface area contributed by atoms with E-state index in [1.165, 1.54) is 6.07 Å². The minimum absolute atomic E-state index is 0.104. The van der Waals surface area contributed by atoms with Crippen LogP contribution in [0.2, 0.25) is 0 Å². The number of guanidine groups is 1. The summed E-state index contributed by atoms with van der Waals surface area (Å²) in [6.45, 7) is 4.66. The number of halogens is 1. The maximum Gasteiger partial charge on any atom is 0.193 e. The quantitative estimate of drug-likeness (QED) is 0.645. The SMILES string of the molecule is CN=C(NCc1ccc(N(C)C)c(F)c1)N1CCS(=O)(=O)C(C)(C)C1. The molecular formula is C17H27FN4O2S. The second-order valence-electron chi connectivity index (χ2n) is 7.08. The number of benzene rings is 1. The van der Waals surface area contributed by atoms with Gasteiger partial charge in [-0.05, 0) is 31.5 Å². The molecular weight excluding hydrogens is 343 g/mol. The molecule has 1 aromatic rings. The van der Waals surface area contributed by atoms with Crippen LogP contribution in [0.5, 0.6) is 0 Å². The van der Waals surface area contributed by atoms with Gasteiger partial charge in [-0.3, -0.25) is 4.99 Å². The summed E-state index contributed by atoms with van der Waals surface area (Å²) in [5, 5.41) is 3.20. The molecule has 0 unspecified atom stereocenters. The Kier molecular flexibility index (Phi) is 5.61. The Labute approximate surface area is 149 Å². The number of nitrogens with zero attached hydrogens (tertiary/aromatic N) is 3. The van der Waals surface area contributed by atoms with E-state index in [1.54, 1.807) is 46.0 Å². The topological polar surface area (TPSA) is 65.0 Å². The van der Waals surface area contributed by atoms with Crippen LogP contribution in [0.1, 0.15) is 19.4 Å². The Hall–Kier alpha value is -1.83. The van der Waals surface area contributed by atoms with E-state index in [4.69, 9.17) is 0 Å². The number of hydrogen-bond donors (Lipinski definition) is 1. The highest BCUT2D eigenvalue weighted by Crippen LogP contribution is 2.24. The van der Waals surface area contributed by atoms with E-state index >= 15 is 0 Å². The van der Waals surface area contributed by atoms with Crippen LogP contribution in [-0.2, 0) is 16.4 Å². The van der Waals surface area contributed by atoms with Gasteiger partial charge in [0.05, 0.1) is 16.2 Å². The van der Waals surface area contributed by atoms with Crippen molar-refractivity contribution in [2.75, 3.05) is 44.9 Å². The molecule has 1 fully saturated rings. The fraction of sp³-hybridized carbons (Fsp3) is 0.588. The molecule has 1 heterocycles. The summed E-state index contributed by atoms with van der Waals surface area (Å²) < 4.78 is 37.5. The van der Waals surface area contributed by atoms with Gasteiger partial charge in [-0.15, -0.1) is 0 Å². The molecule has 0 atom stereocenters. The highest BCUT2D eigenvalue weighted by molar-refractivity contribution is 7.92. The van der Waals surface area contributed by atoms with Crippen LogP contribution in [0.4, 0.5) is 10.1 Å². The van der Waals surface area contributed by atoms with E-state index in [-0.39, 0.29) is 11.6 Å². The molecule has 0 spiro atoms. The lowest BCUT2D eigenvalue weighted by Crippen LogP contribution is -2.57. The molecule has 1 aliphatic rings. The van der Waals surface area contributed by atoms with Gasteiger partial charge in [0.1, 0.15) is 5.82 Å². The number of aliphatic imine (C=N–C) groups is 1. The van der Waals surface area contributed by atoms with Crippen LogP contribution >= 0.6 is 0 Å². The first-order valence-electron chi connectivity index (χ1n) is 8.21. The van der Waals surface area contributed by atoms with E-state index < -0.39 is 14.6 Å². The van der Waals surface area contributed by atoms with Crippen molar-refractivity contribution in [2.24, 2.45) is 4.99 Å². The molecule has 1 aromatic carbocycles. The summed E-state index contributed by atoms with van der Waals surface area (Å²) in [4.78, 5) is 7.90. The first kappa shape index (κ1) is 19.5. The Morgan fingerprint density at radius 3 is 2.60 bits per heavy atom. The van der Waals surface area contributed by atoms with Gasteiger partial charge in [0.25, 0.3) is 0 Å². The van der Waals surface area contributed by atoms with Crippen molar-refractivity contribution in [3.05, 3.63) is 29.6 Å². The van der Waals surface area contributed by atoms with Crippen molar-refractivity contribution < 1.29 is 12.8 Å². The minimum atomic E-state index is -3.10. The third-order valence-corrected chi connectivity index (χ3v) is 7.03. The van der Waals surface area contributed by atoms with Gasteiger partial charge in [-0.2, -0.15) is 0 Å². The maximum absolute atomic E-state index is 14.1. The molecule has 0 amide bonds. The highest BCUT2D eigenvalue weighted by atomic mass is 32.2. The molecule has 0 radical (unpaired) electrons. The van der Waals surface area contributed by atoms with Gasteiger partial charge in [0, 0.05) is 40.8 Å². The normalized spacial score (nSPS) is 19.6. The molecule has 1 N–H and O–H groups in total. The summed E-state index contributed by atoms with van der Waals surface area (Å²) in [6, 6.07) is 5.11. The average molecular weight is 370 g/mol. The number of sulfone groups is 1. The third-order valence-electron chi connectivity index (χ3n) is 4.50. The van der Waals surface area contributed by atoms with Crippen molar-refractivity contribution in [3.8, 4) is 0 Å². The van der Waals surface area contributed by atoms with E-state index in [9.17, 15) is 12.8 Å². The first-order chi connectivity index (χ1) is 11.6. The molecule has 2 rings (SSSR count). The van der Waals surface area contributed by atoms with Crippen LogP contribution in [0.3, 0.4) is 0 Å². The second kappa shape index (κ2) is 7.19. The average Bonchev–Trinajstić information content (AvgIpc) is 2.51. The van der Waals surface area contributed by atoms with Crippen molar-refractivity contribution in [1.82, 2.24) is 10.2 Å². The van der Waals surface area contributed by atoms with Crippen molar-refractivity contribution in [1.29, 1.82) is 0 Å². The Morgan fingerprint density at radius 2 is 2.08 bits per heavy atom.